The third-order valence-corrected chi connectivity index (χ3v) is 3.24. The molecule has 16 heavy (non-hydrogen) atoms. The molecule has 1 aromatic rings. The smallest absolute Gasteiger partial charge is 0.184 e. The molecule has 0 bridgehead atoms. The first-order chi connectivity index (χ1) is 7.86. The molecular formula is C13H17NO2. The first-order valence-electron chi connectivity index (χ1n) is 5.94. The van der Waals surface area contributed by atoms with Crippen molar-refractivity contribution in [3.63, 3.8) is 0 Å². The highest BCUT2D eigenvalue weighted by Gasteiger charge is 2.28. The fraction of sp³-hybridized carbons (Fsp3) is 0.538. The predicted octanol–water partition coefficient (Wildman–Crippen LogP) is 1.94. The minimum absolute atomic E-state index is 0.0505. The van der Waals surface area contributed by atoms with Gasteiger partial charge in [0, 0.05) is 12.1 Å². The molecule has 1 aromatic carbocycles. The molecule has 3 heteroatoms. The van der Waals surface area contributed by atoms with Crippen molar-refractivity contribution in [3.8, 4) is 0 Å². The zero-order valence-corrected chi connectivity index (χ0v) is 9.26. The van der Waals surface area contributed by atoms with Gasteiger partial charge in [-0.3, -0.25) is 0 Å². The SMILES string of the molecule is NCC1COC(c2cccc(C3CC3)c2)O1. The van der Waals surface area contributed by atoms with Gasteiger partial charge in [-0.15, -0.1) is 0 Å². The quantitative estimate of drug-likeness (QED) is 0.845. The van der Waals surface area contributed by atoms with Gasteiger partial charge in [0.15, 0.2) is 6.29 Å². The van der Waals surface area contributed by atoms with Gasteiger partial charge in [-0.2, -0.15) is 0 Å². The molecule has 0 radical (unpaired) electrons. The highest BCUT2D eigenvalue weighted by atomic mass is 16.7. The Morgan fingerprint density at radius 1 is 1.25 bits per heavy atom. The summed E-state index contributed by atoms with van der Waals surface area (Å²) in [6, 6.07) is 8.55. The molecule has 86 valence electrons. The van der Waals surface area contributed by atoms with E-state index in [4.69, 9.17) is 15.2 Å². The van der Waals surface area contributed by atoms with Crippen LogP contribution in [-0.4, -0.2) is 19.3 Å². The van der Waals surface area contributed by atoms with E-state index in [1.54, 1.807) is 0 Å². The second kappa shape index (κ2) is 4.17. The van der Waals surface area contributed by atoms with E-state index in [0.717, 1.165) is 11.5 Å². The van der Waals surface area contributed by atoms with Gasteiger partial charge in [0.25, 0.3) is 0 Å². The van der Waals surface area contributed by atoms with Crippen LogP contribution >= 0.6 is 0 Å². The summed E-state index contributed by atoms with van der Waals surface area (Å²) in [6.07, 6.45) is 2.48. The summed E-state index contributed by atoms with van der Waals surface area (Å²) < 4.78 is 11.3. The van der Waals surface area contributed by atoms with Crippen LogP contribution in [0.3, 0.4) is 0 Å². The Bertz CT molecular complexity index is 376. The highest BCUT2D eigenvalue weighted by Crippen LogP contribution is 2.41. The molecule has 2 aliphatic rings. The van der Waals surface area contributed by atoms with E-state index >= 15 is 0 Å². The Morgan fingerprint density at radius 3 is 2.75 bits per heavy atom. The normalized spacial score (nSPS) is 29.6. The van der Waals surface area contributed by atoms with Crippen LogP contribution in [0.1, 0.15) is 36.2 Å². The maximum absolute atomic E-state index is 5.70. The van der Waals surface area contributed by atoms with Crippen molar-refractivity contribution >= 4 is 0 Å². The molecule has 0 spiro atoms. The zero-order chi connectivity index (χ0) is 11.0. The van der Waals surface area contributed by atoms with Gasteiger partial charge >= 0.3 is 0 Å². The predicted molar refractivity (Wildman–Crippen MR) is 61.0 cm³/mol. The number of hydrogen-bond donors (Lipinski definition) is 1. The van der Waals surface area contributed by atoms with Crippen LogP contribution in [-0.2, 0) is 9.47 Å². The molecule has 1 aliphatic heterocycles. The lowest BCUT2D eigenvalue weighted by atomic mass is 10.1. The van der Waals surface area contributed by atoms with Crippen LogP contribution < -0.4 is 5.73 Å². The highest BCUT2D eigenvalue weighted by molar-refractivity contribution is 5.30. The molecule has 3 nitrogen and oxygen atoms in total. The van der Waals surface area contributed by atoms with E-state index in [1.807, 2.05) is 0 Å². The van der Waals surface area contributed by atoms with Gasteiger partial charge in [0.2, 0.25) is 0 Å². The minimum atomic E-state index is -0.216. The number of nitrogens with two attached hydrogens (primary N) is 1. The number of benzene rings is 1. The summed E-state index contributed by atoms with van der Waals surface area (Å²) in [5.74, 6) is 0.770. The topological polar surface area (TPSA) is 44.5 Å². The Morgan fingerprint density at radius 2 is 2.06 bits per heavy atom. The third-order valence-electron chi connectivity index (χ3n) is 3.24. The van der Waals surface area contributed by atoms with Gasteiger partial charge < -0.3 is 15.2 Å². The van der Waals surface area contributed by atoms with Crippen molar-refractivity contribution in [1.82, 2.24) is 0 Å². The Kier molecular flexibility index (Phi) is 2.67. The van der Waals surface area contributed by atoms with Crippen LogP contribution in [0.2, 0.25) is 0 Å². The van der Waals surface area contributed by atoms with Gasteiger partial charge in [-0.25, -0.2) is 0 Å². The maximum atomic E-state index is 5.70. The van der Waals surface area contributed by atoms with Gasteiger partial charge in [-0.1, -0.05) is 24.3 Å². The summed E-state index contributed by atoms with van der Waals surface area (Å²) in [7, 11) is 0. The molecular weight excluding hydrogens is 202 g/mol. The molecule has 2 unspecified atom stereocenters. The standard InChI is InChI=1S/C13H17NO2/c14-7-12-8-15-13(16-12)11-3-1-2-10(6-11)9-4-5-9/h1-3,6,9,12-13H,4-5,7-8,14H2. The van der Waals surface area contributed by atoms with Crippen LogP contribution in [0.5, 0.6) is 0 Å². The molecule has 2 fully saturated rings. The van der Waals surface area contributed by atoms with E-state index in [0.29, 0.717) is 13.2 Å². The van der Waals surface area contributed by atoms with Gasteiger partial charge in [0.05, 0.1) is 12.7 Å². The Hall–Kier alpha value is -0.900. The summed E-state index contributed by atoms with van der Waals surface area (Å²) in [5, 5.41) is 0. The van der Waals surface area contributed by atoms with Gasteiger partial charge in [0.1, 0.15) is 0 Å². The molecule has 1 saturated heterocycles. The van der Waals surface area contributed by atoms with Crippen molar-refractivity contribution in [2.24, 2.45) is 5.73 Å². The fourth-order valence-electron chi connectivity index (χ4n) is 2.12. The van der Waals surface area contributed by atoms with Crippen LogP contribution in [0.25, 0.3) is 0 Å². The number of ether oxygens (including phenoxy) is 2. The van der Waals surface area contributed by atoms with Gasteiger partial charge in [-0.05, 0) is 24.3 Å². The van der Waals surface area contributed by atoms with Crippen molar-refractivity contribution in [1.29, 1.82) is 0 Å². The molecule has 1 aliphatic carbocycles. The van der Waals surface area contributed by atoms with E-state index in [-0.39, 0.29) is 12.4 Å². The van der Waals surface area contributed by atoms with Crippen molar-refractivity contribution < 1.29 is 9.47 Å². The maximum Gasteiger partial charge on any atom is 0.184 e. The molecule has 3 rings (SSSR count). The van der Waals surface area contributed by atoms with E-state index < -0.39 is 0 Å². The van der Waals surface area contributed by atoms with Crippen LogP contribution in [0, 0.1) is 0 Å². The lowest BCUT2D eigenvalue weighted by Gasteiger charge is -2.11. The van der Waals surface area contributed by atoms with E-state index in [1.165, 1.54) is 18.4 Å². The first kappa shape index (κ1) is 10.3. The minimum Gasteiger partial charge on any atom is -0.346 e. The largest absolute Gasteiger partial charge is 0.346 e. The second-order valence-electron chi connectivity index (χ2n) is 4.60. The lowest BCUT2D eigenvalue weighted by Crippen LogP contribution is -2.21. The first-order valence-corrected chi connectivity index (χ1v) is 5.94. The summed E-state index contributed by atoms with van der Waals surface area (Å²) in [4.78, 5) is 0. The Labute approximate surface area is 95.5 Å². The van der Waals surface area contributed by atoms with Crippen molar-refractivity contribution in [3.05, 3.63) is 35.4 Å². The molecule has 1 saturated carbocycles. The lowest BCUT2D eigenvalue weighted by molar-refractivity contribution is -0.0585. The van der Waals surface area contributed by atoms with Crippen LogP contribution in [0.15, 0.2) is 24.3 Å². The summed E-state index contributed by atoms with van der Waals surface area (Å²) in [6.45, 7) is 1.13. The molecule has 0 aromatic heterocycles. The fourth-order valence-corrected chi connectivity index (χ4v) is 2.12. The molecule has 2 N–H and O–H groups in total. The average molecular weight is 219 g/mol. The van der Waals surface area contributed by atoms with Crippen molar-refractivity contribution in [2.45, 2.75) is 31.2 Å². The molecule has 0 amide bonds. The third kappa shape index (κ3) is 1.98. The average Bonchev–Trinajstić information content (AvgIpc) is 3.07. The van der Waals surface area contributed by atoms with E-state index in [9.17, 15) is 0 Å². The summed E-state index contributed by atoms with van der Waals surface area (Å²) >= 11 is 0. The van der Waals surface area contributed by atoms with E-state index in [2.05, 4.69) is 24.3 Å². The second-order valence-corrected chi connectivity index (χ2v) is 4.60. The molecule has 2 atom stereocenters. The molecule has 1 heterocycles. The monoisotopic (exact) mass is 219 g/mol. The van der Waals surface area contributed by atoms with Crippen molar-refractivity contribution in [2.75, 3.05) is 13.2 Å². The Balaban J connectivity index is 1.76. The zero-order valence-electron chi connectivity index (χ0n) is 9.26. The summed E-state index contributed by atoms with van der Waals surface area (Å²) in [5.41, 5.74) is 8.10. The number of rotatable bonds is 3. The number of hydrogen-bond acceptors (Lipinski definition) is 3. The van der Waals surface area contributed by atoms with Crippen LogP contribution in [0.4, 0.5) is 0 Å².